The maximum Gasteiger partial charge on any atom is 0.228 e. The van der Waals surface area contributed by atoms with E-state index in [-0.39, 0.29) is 11.8 Å². The van der Waals surface area contributed by atoms with Gasteiger partial charge in [0.2, 0.25) is 5.91 Å². The number of piperidine rings is 1. The standard InChI is InChI=1S/C22H28ClN5O2/c23-18-14-26-21(28-22(29)16-4-8-24-9-5-16)12-17(18)19-2-1-3-20(27-19)25-13-15-6-10-30-11-7-15/h1-3,12,14-16,24H,4-11,13H2,(H,25,27)(H,26,28,29). The summed E-state index contributed by atoms with van der Waals surface area (Å²) in [5.74, 6) is 1.94. The van der Waals surface area contributed by atoms with Gasteiger partial charge < -0.3 is 20.7 Å². The lowest BCUT2D eigenvalue weighted by Crippen LogP contribution is -2.34. The van der Waals surface area contributed by atoms with Gasteiger partial charge in [-0.2, -0.15) is 0 Å². The first-order valence-electron chi connectivity index (χ1n) is 10.7. The lowest BCUT2D eigenvalue weighted by molar-refractivity contribution is -0.120. The van der Waals surface area contributed by atoms with Gasteiger partial charge in [0, 0.05) is 37.4 Å². The molecule has 8 heteroatoms. The Hall–Kier alpha value is -2.22. The fourth-order valence-corrected chi connectivity index (χ4v) is 4.10. The predicted molar refractivity (Wildman–Crippen MR) is 119 cm³/mol. The van der Waals surface area contributed by atoms with E-state index in [2.05, 4.69) is 20.9 Å². The molecule has 30 heavy (non-hydrogen) atoms. The van der Waals surface area contributed by atoms with Crippen LogP contribution in [0, 0.1) is 11.8 Å². The zero-order valence-corrected chi connectivity index (χ0v) is 17.8. The summed E-state index contributed by atoms with van der Waals surface area (Å²) in [6.45, 7) is 4.28. The van der Waals surface area contributed by atoms with Crippen molar-refractivity contribution < 1.29 is 9.53 Å². The normalized spacial score (nSPS) is 18.2. The maximum atomic E-state index is 12.5. The fourth-order valence-electron chi connectivity index (χ4n) is 3.90. The highest BCUT2D eigenvalue weighted by Crippen LogP contribution is 2.29. The first-order chi connectivity index (χ1) is 14.7. The largest absolute Gasteiger partial charge is 0.381 e. The van der Waals surface area contributed by atoms with Crippen molar-refractivity contribution >= 4 is 29.1 Å². The van der Waals surface area contributed by atoms with E-state index >= 15 is 0 Å². The summed E-state index contributed by atoms with van der Waals surface area (Å²) < 4.78 is 5.42. The molecule has 0 spiro atoms. The van der Waals surface area contributed by atoms with Crippen LogP contribution in [0.2, 0.25) is 5.02 Å². The van der Waals surface area contributed by atoms with E-state index in [0.717, 1.165) is 75.6 Å². The molecule has 0 bridgehead atoms. The van der Waals surface area contributed by atoms with Crippen molar-refractivity contribution in [2.45, 2.75) is 25.7 Å². The Morgan fingerprint density at radius 3 is 2.77 bits per heavy atom. The number of nitrogens with one attached hydrogen (secondary N) is 3. The molecule has 2 saturated heterocycles. The third-order valence-electron chi connectivity index (χ3n) is 5.75. The molecule has 0 saturated carbocycles. The molecule has 160 valence electrons. The second-order valence-electron chi connectivity index (χ2n) is 7.91. The molecular weight excluding hydrogens is 402 g/mol. The van der Waals surface area contributed by atoms with Crippen molar-refractivity contribution in [1.29, 1.82) is 0 Å². The summed E-state index contributed by atoms with van der Waals surface area (Å²) in [5.41, 5.74) is 1.50. The first kappa shape index (κ1) is 21.0. The predicted octanol–water partition coefficient (Wildman–Crippen LogP) is 3.57. The Labute approximate surface area is 182 Å². The van der Waals surface area contributed by atoms with E-state index in [1.54, 1.807) is 12.3 Å². The highest BCUT2D eigenvalue weighted by atomic mass is 35.5. The number of nitrogens with zero attached hydrogens (tertiary/aromatic N) is 2. The van der Waals surface area contributed by atoms with E-state index in [4.69, 9.17) is 21.3 Å². The van der Waals surface area contributed by atoms with Crippen LogP contribution in [-0.4, -0.2) is 48.7 Å². The molecule has 2 aliphatic rings. The number of anilines is 2. The summed E-state index contributed by atoms with van der Waals surface area (Å²) >= 11 is 6.41. The number of amides is 1. The Morgan fingerprint density at radius 1 is 1.17 bits per heavy atom. The van der Waals surface area contributed by atoms with E-state index in [0.29, 0.717) is 16.8 Å². The number of aromatic nitrogens is 2. The van der Waals surface area contributed by atoms with Gasteiger partial charge in [-0.15, -0.1) is 0 Å². The van der Waals surface area contributed by atoms with Crippen LogP contribution in [0.3, 0.4) is 0 Å². The van der Waals surface area contributed by atoms with Gasteiger partial charge in [0.1, 0.15) is 11.6 Å². The maximum absolute atomic E-state index is 12.5. The summed E-state index contributed by atoms with van der Waals surface area (Å²) in [7, 11) is 0. The zero-order chi connectivity index (χ0) is 20.8. The molecule has 0 aliphatic carbocycles. The molecular formula is C22H28ClN5O2. The minimum Gasteiger partial charge on any atom is -0.381 e. The Balaban J connectivity index is 1.45. The van der Waals surface area contributed by atoms with Gasteiger partial charge in [0.25, 0.3) is 0 Å². The van der Waals surface area contributed by atoms with Crippen LogP contribution in [0.25, 0.3) is 11.3 Å². The van der Waals surface area contributed by atoms with E-state index in [9.17, 15) is 4.79 Å². The zero-order valence-electron chi connectivity index (χ0n) is 17.0. The molecule has 0 aromatic carbocycles. The monoisotopic (exact) mass is 429 g/mol. The van der Waals surface area contributed by atoms with Gasteiger partial charge in [-0.3, -0.25) is 4.79 Å². The first-order valence-corrected chi connectivity index (χ1v) is 11.0. The van der Waals surface area contributed by atoms with Crippen LogP contribution in [-0.2, 0) is 9.53 Å². The number of carbonyl (C=O) groups excluding carboxylic acids is 1. The summed E-state index contributed by atoms with van der Waals surface area (Å²) in [5, 5.41) is 10.2. The summed E-state index contributed by atoms with van der Waals surface area (Å²) in [6.07, 6.45) is 5.40. The topological polar surface area (TPSA) is 88.2 Å². The fraction of sp³-hybridized carbons (Fsp3) is 0.500. The second-order valence-corrected chi connectivity index (χ2v) is 8.31. The number of ether oxygens (including phenoxy) is 1. The third kappa shape index (κ3) is 5.47. The van der Waals surface area contributed by atoms with Gasteiger partial charge >= 0.3 is 0 Å². The summed E-state index contributed by atoms with van der Waals surface area (Å²) in [4.78, 5) is 21.6. The molecule has 4 rings (SSSR count). The molecule has 0 unspecified atom stereocenters. The van der Waals surface area contributed by atoms with Crippen LogP contribution in [0.1, 0.15) is 25.7 Å². The second kappa shape index (κ2) is 10.2. The van der Waals surface area contributed by atoms with Crippen LogP contribution in [0.5, 0.6) is 0 Å². The lowest BCUT2D eigenvalue weighted by Gasteiger charge is -2.22. The average molecular weight is 430 g/mol. The Morgan fingerprint density at radius 2 is 1.97 bits per heavy atom. The van der Waals surface area contributed by atoms with E-state index in [1.165, 1.54) is 0 Å². The van der Waals surface area contributed by atoms with Gasteiger partial charge in [-0.05, 0) is 62.9 Å². The van der Waals surface area contributed by atoms with Crippen LogP contribution in [0.4, 0.5) is 11.6 Å². The molecule has 0 radical (unpaired) electrons. The van der Waals surface area contributed by atoms with E-state index in [1.807, 2.05) is 18.2 Å². The summed E-state index contributed by atoms with van der Waals surface area (Å²) in [6, 6.07) is 7.63. The smallest absolute Gasteiger partial charge is 0.228 e. The van der Waals surface area contributed by atoms with Crippen molar-refractivity contribution in [3.63, 3.8) is 0 Å². The molecule has 2 fully saturated rings. The van der Waals surface area contributed by atoms with E-state index < -0.39 is 0 Å². The quantitative estimate of drug-likeness (QED) is 0.650. The average Bonchev–Trinajstić information content (AvgIpc) is 2.80. The van der Waals surface area contributed by atoms with Crippen molar-refractivity contribution in [3.8, 4) is 11.3 Å². The minimum absolute atomic E-state index is 0.0112. The van der Waals surface area contributed by atoms with Crippen molar-refractivity contribution in [2.75, 3.05) is 43.5 Å². The molecule has 4 heterocycles. The molecule has 7 nitrogen and oxygen atoms in total. The van der Waals surface area contributed by atoms with Crippen molar-refractivity contribution in [2.24, 2.45) is 11.8 Å². The molecule has 1 amide bonds. The van der Waals surface area contributed by atoms with Crippen molar-refractivity contribution in [1.82, 2.24) is 15.3 Å². The molecule has 2 aliphatic heterocycles. The molecule has 2 aromatic heterocycles. The number of carbonyl (C=O) groups is 1. The van der Waals surface area contributed by atoms with Gasteiger partial charge in [0.15, 0.2) is 0 Å². The third-order valence-corrected chi connectivity index (χ3v) is 6.06. The van der Waals surface area contributed by atoms with Crippen LogP contribution < -0.4 is 16.0 Å². The Kier molecular flexibility index (Phi) is 7.15. The molecule has 0 atom stereocenters. The number of halogens is 1. The van der Waals surface area contributed by atoms with Gasteiger partial charge in [-0.25, -0.2) is 9.97 Å². The number of hydrogen-bond acceptors (Lipinski definition) is 6. The number of rotatable bonds is 6. The highest BCUT2D eigenvalue weighted by Gasteiger charge is 2.21. The van der Waals surface area contributed by atoms with Crippen LogP contribution in [0.15, 0.2) is 30.5 Å². The van der Waals surface area contributed by atoms with Crippen LogP contribution >= 0.6 is 11.6 Å². The highest BCUT2D eigenvalue weighted by molar-refractivity contribution is 6.33. The van der Waals surface area contributed by atoms with Crippen molar-refractivity contribution in [3.05, 3.63) is 35.5 Å². The molecule has 2 aromatic rings. The minimum atomic E-state index is 0.0112. The number of pyridine rings is 2. The SMILES string of the molecule is O=C(Nc1cc(-c2cccc(NCC3CCOCC3)n2)c(Cl)cn1)C1CCNCC1. The number of hydrogen-bond donors (Lipinski definition) is 3. The van der Waals surface area contributed by atoms with Gasteiger partial charge in [0.05, 0.1) is 10.7 Å². The Bertz CT molecular complexity index is 866. The molecule has 3 N–H and O–H groups in total. The van der Waals surface area contributed by atoms with Gasteiger partial charge in [-0.1, -0.05) is 17.7 Å². The lowest BCUT2D eigenvalue weighted by atomic mass is 9.97.